The fourth-order valence-corrected chi connectivity index (χ4v) is 4.97. The largest absolute Gasteiger partial charge is 0.465 e. The molecule has 8 nitrogen and oxygen atoms in total. The Labute approximate surface area is 196 Å². The molecule has 2 atom stereocenters. The fraction of sp³-hybridized carbons (Fsp3) is 0.640. The summed E-state index contributed by atoms with van der Waals surface area (Å²) in [5.74, 6) is -0.231. The molecular weight excluding hydrogens is 420 g/mol. The Bertz CT molecular complexity index is 956. The number of likely N-dealkylation sites (tertiary alicyclic amines) is 1. The molecule has 180 valence electrons. The van der Waals surface area contributed by atoms with Crippen LogP contribution in [-0.2, 0) is 27.1 Å². The predicted molar refractivity (Wildman–Crippen MR) is 126 cm³/mol. The molecule has 2 unspecified atom stereocenters. The third kappa shape index (κ3) is 5.49. The summed E-state index contributed by atoms with van der Waals surface area (Å²) >= 11 is 0. The van der Waals surface area contributed by atoms with E-state index in [1.807, 2.05) is 34.0 Å². The smallest absolute Gasteiger partial charge is 0.407 e. The van der Waals surface area contributed by atoms with Crippen molar-refractivity contribution in [1.82, 2.24) is 19.8 Å². The van der Waals surface area contributed by atoms with Crippen molar-refractivity contribution in [2.45, 2.75) is 83.9 Å². The van der Waals surface area contributed by atoms with Crippen LogP contribution in [0.5, 0.6) is 0 Å². The number of aromatic nitrogens is 2. The first-order valence-corrected chi connectivity index (χ1v) is 12.1. The molecule has 0 aromatic carbocycles. The molecule has 1 N–H and O–H groups in total. The van der Waals surface area contributed by atoms with Gasteiger partial charge in [-0.05, 0) is 71.4 Å². The van der Waals surface area contributed by atoms with Gasteiger partial charge in [-0.25, -0.2) is 9.78 Å². The number of amides is 1. The van der Waals surface area contributed by atoms with Crippen LogP contribution in [0.4, 0.5) is 4.79 Å². The average molecular weight is 457 g/mol. The van der Waals surface area contributed by atoms with E-state index in [0.29, 0.717) is 26.1 Å². The van der Waals surface area contributed by atoms with Crippen LogP contribution >= 0.6 is 0 Å². The molecule has 1 amide bonds. The van der Waals surface area contributed by atoms with E-state index in [0.717, 1.165) is 37.8 Å². The third-order valence-corrected chi connectivity index (χ3v) is 6.45. The Morgan fingerprint density at radius 2 is 2.09 bits per heavy atom. The zero-order valence-corrected chi connectivity index (χ0v) is 20.2. The molecule has 1 aliphatic carbocycles. The quantitative estimate of drug-likeness (QED) is 0.660. The first-order valence-electron chi connectivity index (χ1n) is 12.1. The maximum Gasteiger partial charge on any atom is 0.407 e. The van der Waals surface area contributed by atoms with E-state index in [1.54, 1.807) is 0 Å². The molecule has 2 aliphatic heterocycles. The molecule has 0 saturated carbocycles. The highest BCUT2D eigenvalue weighted by molar-refractivity contribution is 5.76. The summed E-state index contributed by atoms with van der Waals surface area (Å²) in [6.07, 6.45) is 11.4. The van der Waals surface area contributed by atoms with E-state index in [2.05, 4.69) is 26.9 Å². The van der Waals surface area contributed by atoms with Crippen LogP contribution < -0.4 is 5.32 Å². The number of imidazole rings is 1. The van der Waals surface area contributed by atoms with E-state index in [1.165, 1.54) is 17.0 Å². The third-order valence-electron chi connectivity index (χ3n) is 6.45. The lowest BCUT2D eigenvalue weighted by Gasteiger charge is -2.27. The zero-order chi connectivity index (χ0) is 23.6. The fourth-order valence-electron chi connectivity index (χ4n) is 4.97. The van der Waals surface area contributed by atoms with Gasteiger partial charge in [0.1, 0.15) is 11.6 Å². The molecule has 0 radical (unpaired) electrons. The number of esters is 1. The Morgan fingerprint density at radius 3 is 2.85 bits per heavy atom. The van der Waals surface area contributed by atoms with Gasteiger partial charge in [-0.1, -0.05) is 6.08 Å². The van der Waals surface area contributed by atoms with Gasteiger partial charge < -0.3 is 19.4 Å². The van der Waals surface area contributed by atoms with Gasteiger partial charge in [0.15, 0.2) is 0 Å². The SMILES string of the molecule is CCOC(=O)C(Cc1ncn2c1CCC1=C2C=CCC1)N1CCC(NC(=O)OC(C)(C)C)C1. The Balaban J connectivity index is 1.47. The average Bonchev–Trinajstić information content (AvgIpc) is 3.37. The number of rotatable bonds is 6. The van der Waals surface area contributed by atoms with Gasteiger partial charge in [-0.2, -0.15) is 0 Å². The zero-order valence-electron chi connectivity index (χ0n) is 20.2. The van der Waals surface area contributed by atoms with Crippen molar-refractivity contribution >= 4 is 17.8 Å². The number of nitrogens with one attached hydrogen (secondary N) is 1. The Morgan fingerprint density at radius 1 is 1.27 bits per heavy atom. The van der Waals surface area contributed by atoms with Gasteiger partial charge in [0.25, 0.3) is 0 Å². The molecule has 1 aromatic heterocycles. The van der Waals surface area contributed by atoms with Crippen LogP contribution in [0.1, 0.15) is 64.8 Å². The van der Waals surface area contributed by atoms with Crippen molar-refractivity contribution in [3.05, 3.63) is 35.4 Å². The summed E-state index contributed by atoms with van der Waals surface area (Å²) in [6.45, 7) is 8.99. The maximum atomic E-state index is 12.9. The van der Waals surface area contributed by atoms with Crippen molar-refractivity contribution < 1.29 is 19.1 Å². The van der Waals surface area contributed by atoms with Gasteiger partial charge in [0.2, 0.25) is 0 Å². The minimum atomic E-state index is -0.543. The second-order valence-electron chi connectivity index (χ2n) is 10.0. The lowest BCUT2D eigenvalue weighted by molar-refractivity contribution is -0.149. The van der Waals surface area contributed by atoms with Gasteiger partial charge >= 0.3 is 12.1 Å². The van der Waals surface area contributed by atoms with Crippen LogP contribution in [-0.4, -0.2) is 63.9 Å². The van der Waals surface area contributed by atoms with Crippen LogP contribution in [0.2, 0.25) is 0 Å². The van der Waals surface area contributed by atoms with E-state index in [4.69, 9.17) is 14.5 Å². The first-order chi connectivity index (χ1) is 15.7. The lowest BCUT2D eigenvalue weighted by atomic mass is 9.93. The highest BCUT2D eigenvalue weighted by atomic mass is 16.6. The van der Waals surface area contributed by atoms with Crippen LogP contribution in [0.3, 0.4) is 0 Å². The van der Waals surface area contributed by atoms with Crippen LogP contribution in [0.15, 0.2) is 24.1 Å². The first kappa shape index (κ1) is 23.5. The number of nitrogens with zero attached hydrogens (tertiary/aromatic N) is 3. The summed E-state index contributed by atoms with van der Waals surface area (Å²) in [5, 5.41) is 2.94. The number of ether oxygens (including phenoxy) is 2. The highest BCUT2D eigenvalue weighted by Gasteiger charge is 2.36. The molecule has 3 heterocycles. The number of allylic oxidation sites excluding steroid dienone is 4. The van der Waals surface area contributed by atoms with Crippen molar-refractivity contribution in [3.8, 4) is 0 Å². The maximum absolute atomic E-state index is 12.9. The number of hydrogen-bond acceptors (Lipinski definition) is 6. The molecule has 3 aliphatic rings. The van der Waals surface area contributed by atoms with Crippen LogP contribution in [0, 0.1) is 0 Å². The highest BCUT2D eigenvalue weighted by Crippen LogP contribution is 2.33. The standard InChI is InChI=1S/C25H36N4O4/c1-5-32-23(30)22(28-13-12-18(15-28)27-24(31)33-25(2,3)4)14-19-21-11-10-17-8-6-7-9-20(17)29(21)16-26-19/h7,9,16,18,22H,5-6,8,10-15H2,1-4H3,(H,27,31). The van der Waals surface area contributed by atoms with Gasteiger partial charge in [-0.3, -0.25) is 9.69 Å². The molecule has 33 heavy (non-hydrogen) atoms. The minimum absolute atomic E-state index is 0.0622. The second-order valence-corrected chi connectivity index (χ2v) is 10.0. The lowest BCUT2D eigenvalue weighted by Crippen LogP contribution is -2.45. The van der Waals surface area contributed by atoms with Crippen molar-refractivity contribution in [1.29, 1.82) is 0 Å². The van der Waals surface area contributed by atoms with Gasteiger partial charge in [0, 0.05) is 36.9 Å². The summed E-state index contributed by atoms with van der Waals surface area (Å²) in [5.41, 5.74) is 4.35. The second kappa shape index (κ2) is 9.71. The monoisotopic (exact) mass is 456 g/mol. The Kier molecular flexibility index (Phi) is 6.93. The van der Waals surface area contributed by atoms with E-state index < -0.39 is 17.7 Å². The van der Waals surface area contributed by atoms with E-state index in [9.17, 15) is 9.59 Å². The summed E-state index contributed by atoms with van der Waals surface area (Å²) in [6, 6.07) is -0.486. The summed E-state index contributed by atoms with van der Waals surface area (Å²) in [7, 11) is 0. The molecule has 4 rings (SSSR count). The van der Waals surface area contributed by atoms with Crippen LogP contribution in [0.25, 0.3) is 5.70 Å². The molecule has 1 saturated heterocycles. The summed E-state index contributed by atoms with van der Waals surface area (Å²) in [4.78, 5) is 32.0. The number of alkyl carbamates (subject to hydrolysis) is 1. The van der Waals surface area contributed by atoms with Gasteiger partial charge in [0.05, 0.1) is 18.6 Å². The van der Waals surface area contributed by atoms with Crippen molar-refractivity contribution in [2.75, 3.05) is 19.7 Å². The van der Waals surface area contributed by atoms with Crippen molar-refractivity contribution in [2.24, 2.45) is 0 Å². The normalized spacial score (nSPS) is 21.4. The molecular formula is C25H36N4O4. The Hall–Kier alpha value is -2.61. The summed E-state index contributed by atoms with van der Waals surface area (Å²) < 4.78 is 13.0. The topological polar surface area (TPSA) is 85.7 Å². The van der Waals surface area contributed by atoms with E-state index in [-0.39, 0.29) is 12.0 Å². The molecule has 1 fully saturated rings. The van der Waals surface area contributed by atoms with E-state index >= 15 is 0 Å². The molecule has 0 bridgehead atoms. The number of carbonyl (C=O) groups is 2. The van der Waals surface area contributed by atoms with Gasteiger partial charge in [-0.15, -0.1) is 0 Å². The number of fused-ring (bicyclic) bond motifs is 2. The molecule has 0 spiro atoms. The minimum Gasteiger partial charge on any atom is -0.465 e. The molecule has 8 heteroatoms. The number of hydrogen-bond donors (Lipinski definition) is 1. The predicted octanol–water partition coefficient (Wildman–Crippen LogP) is 3.46. The van der Waals surface area contributed by atoms with Crippen molar-refractivity contribution in [3.63, 3.8) is 0 Å². The number of carbonyl (C=O) groups excluding carboxylic acids is 2. The molecule has 1 aromatic rings.